The van der Waals surface area contributed by atoms with Crippen LogP contribution in [0.25, 0.3) is 21.9 Å². The fourth-order valence-electron chi connectivity index (χ4n) is 3.33. The lowest BCUT2D eigenvalue weighted by Crippen LogP contribution is -2.12. The SMILES string of the molecule is COc1cccc(/C=C(/CC(=O)Nc2ccc(C)c(C)c2)c2nc3ccccc3s2)c1. The van der Waals surface area contributed by atoms with Gasteiger partial charge in [-0.3, -0.25) is 4.79 Å². The zero-order valence-corrected chi connectivity index (χ0v) is 18.6. The van der Waals surface area contributed by atoms with Crippen LogP contribution in [0.1, 0.15) is 28.1 Å². The summed E-state index contributed by atoms with van der Waals surface area (Å²) in [7, 11) is 1.65. The van der Waals surface area contributed by atoms with Crippen LogP contribution < -0.4 is 10.1 Å². The van der Waals surface area contributed by atoms with Crippen LogP contribution in [0.2, 0.25) is 0 Å². The van der Waals surface area contributed by atoms with Gasteiger partial charge in [0.15, 0.2) is 0 Å². The minimum absolute atomic E-state index is 0.0725. The predicted molar refractivity (Wildman–Crippen MR) is 130 cm³/mol. The number of hydrogen-bond donors (Lipinski definition) is 1. The Morgan fingerprint density at radius 2 is 1.87 bits per heavy atom. The number of anilines is 1. The Bertz CT molecular complexity index is 1240. The van der Waals surface area contributed by atoms with Crippen molar-refractivity contribution in [1.29, 1.82) is 0 Å². The summed E-state index contributed by atoms with van der Waals surface area (Å²) in [6.45, 7) is 4.10. The minimum atomic E-state index is -0.0725. The van der Waals surface area contributed by atoms with E-state index in [2.05, 4.69) is 18.3 Å². The Balaban J connectivity index is 1.66. The monoisotopic (exact) mass is 428 g/mol. The second-order valence-corrected chi connectivity index (χ2v) is 8.49. The lowest BCUT2D eigenvalue weighted by molar-refractivity contribution is -0.115. The third kappa shape index (κ3) is 5.01. The van der Waals surface area contributed by atoms with E-state index in [4.69, 9.17) is 9.72 Å². The van der Waals surface area contributed by atoms with Gasteiger partial charge < -0.3 is 10.1 Å². The molecule has 0 fully saturated rings. The van der Waals surface area contributed by atoms with Gasteiger partial charge in [-0.15, -0.1) is 11.3 Å². The number of aromatic nitrogens is 1. The molecular formula is C26H24N2O2S. The van der Waals surface area contributed by atoms with Gasteiger partial charge in [-0.25, -0.2) is 4.98 Å². The molecule has 5 heteroatoms. The van der Waals surface area contributed by atoms with Gasteiger partial charge in [0, 0.05) is 5.69 Å². The van der Waals surface area contributed by atoms with Crippen LogP contribution in [0.15, 0.2) is 66.7 Å². The summed E-state index contributed by atoms with van der Waals surface area (Å²) in [6, 6.07) is 21.8. The van der Waals surface area contributed by atoms with Crippen LogP contribution in [0, 0.1) is 13.8 Å². The maximum absolute atomic E-state index is 12.9. The largest absolute Gasteiger partial charge is 0.497 e. The number of benzene rings is 3. The third-order valence-corrected chi connectivity index (χ3v) is 6.26. The molecule has 0 saturated carbocycles. The summed E-state index contributed by atoms with van der Waals surface area (Å²) in [5.74, 6) is 0.702. The number of amides is 1. The van der Waals surface area contributed by atoms with Gasteiger partial charge in [0.2, 0.25) is 5.91 Å². The molecule has 0 aliphatic carbocycles. The number of ether oxygens (including phenoxy) is 1. The van der Waals surface area contributed by atoms with Crippen LogP contribution in [0.5, 0.6) is 5.75 Å². The highest BCUT2D eigenvalue weighted by molar-refractivity contribution is 7.19. The highest BCUT2D eigenvalue weighted by Crippen LogP contribution is 2.31. The van der Waals surface area contributed by atoms with E-state index < -0.39 is 0 Å². The van der Waals surface area contributed by atoms with E-state index >= 15 is 0 Å². The first kappa shape index (κ1) is 20.8. The fraction of sp³-hybridized carbons (Fsp3) is 0.154. The minimum Gasteiger partial charge on any atom is -0.497 e. The zero-order chi connectivity index (χ0) is 21.8. The molecule has 0 atom stereocenters. The number of methoxy groups -OCH3 is 1. The molecule has 0 spiro atoms. The van der Waals surface area contributed by atoms with Crippen LogP contribution in [-0.4, -0.2) is 18.0 Å². The Kier molecular flexibility index (Phi) is 6.14. The summed E-state index contributed by atoms with van der Waals surface area (Å²) in [5.41, 5.74) is 5.93. The van der Waals surface area contributed by atoms with Crippen molar-refractivity contribution in [1.82, 2.24) is 4.98 Å². The lowest BCUT2D eigenvalue weighted by Gasteiger charge is -2.09. The Labute approximate surface area is 186 Å². The first-order valence-electron chi connectivity index (χ1n) is 10.1. The number of thiazole rings is 1. The Morgan fingerprint density at radius 3 is 2.65 bits per heavy atom. The van der Waals surface area contributed by atoms with E-state index in [0.29, 0.717) is 0 Å². The van der Waals surface area contributed by atoms with Gasteiger partial charge in [-0.2, -0.15) is 0 Å². The average molecular weight is 429 g/mol. The second kappa shape index (κ2) is 9.14. The van der Waals surface area contributed by atoms with Gasteiger partial charge >= 0.3 is 0 Å². The maximum atomic E-state index is 12.9. The van der Waals surface area contributed by atoms with E-state index in [-0.39, 0.29) is 12.3 Å². The second-order valence-electron chi connectivity index (χ2n) is 7.46. The summed E-state index contributed by atoms with van der Waals surface area (Å²) >= 11 is 1.60. The molecule has 3 aromatic carbocycles. The summed E-state index contributed by atoms with van der Waals surface area (Å²) in [4.78, 5) is 17.7. The molecule has 0 aliphatic rings. The molecule has 4 nitrogen and oxygen atoms in total. The smallest absolute Gasteiger partial charge is 0.228 e. The van der Waals surface area contributed by atoms with E-state index in [9.17, 15) is 4.79 Å². The van der Waals surface area contributed by atoms with Crippen LogP contribution in [0.3, 0.4) is 0 Å². The highest BCUT2D eigenvalue weighted by atomic mass is 32.1. The van der Waals surface area contributed by atoms with E-state index in [1.807, 2.05) is 73.7 Å². The van der Waals surface area contributed by atoms with E-state index in [0.717, 1.165) is 43.4 Å². The van der Waals surface area contributed by atoms with Crippen molar-refractivity contribution < 1.29 is 9.53 Å². The number of rotatable bonds is 6. The summed E-state index contributed by atoms with van der Waals surface area (Å²) in [6.07, 6.45) is 2.24. The van der Waals surface area contributed by atoms with Crippen molar-refractivity contribution in [3.05, 3.63) is 88.4 Å². The van der Waals surface area contributed by atoms with Gasteiger partial charge in [0.05, 0.1) is 23.7 Å². The van der Waals surface area contributed by atoms with Crippen LogP contribution in [-0.2, 0) is 4.79 Å². The van der Waals surface area contributed by atoms with Crippen molar-refractivity contribution in [2.24, 2.45) is 0 Å². The molecule has 31 heavy (non-hydrogen) atoms. The van der Waals surface area contributed by atoms with Crippen molar-refractivity contribution in [3.63, 3.8) is 0 Å². The van der Waals surface area contributed by atoms with Crippen molar-refractivity contribution >= 4 is 44.8 Å². The molecular weight excluding hydrogens is 404 g/mol. The van der Waals surface area contributed by atoms with Crippen molar-refractivity contribution in [2.75, 3.05) is 12.4 Å². The number of nitrogens with zero attached hydrogens (tertiary/aromatic N) is 1. The number of aryl methyl sites for hydroxylation is 2. The average Bonchev–Trinajstić information content (AvgIpc) is 3.20. The maximum Gasteiger partial charge on any atom is 0.228 e. The molecule has 1 heterocycles. The Morgan fingerprint density at radius 1 is 1.03 bits per heavy atom. The number of fused-ring (bicyclic) bond motifs is 1. The lowest BCUT2D eigenvalue weighted by atomic mass is 10.1. The normalized spacial score (nSPS) is 11.5. The highest BCUT2D eigenvalue weighted by Gasteiger charge is 2.14. The van der Waals surface area contributed by atoms with Crippen LogP contribution in [0.4, 0.5) is 5.69 Å². The first-order chi connectivity index (χ1) is 15.0. The predicted octanol–water partition coefficient (Wildman–Crippen LogP) is 6.49. The third-order valence-electron chi connectivity index (χ3n) is 5.14. The van der Waals surface area contributed by atoms with Gasteiger partial charge in [-0.05, 0) is 78.6 Å². The number of carbonyl (C=O) groups excluding carboxylic acids is 1. The summed E-state index contributed by atoms with van der Waals surface area (Å²) < 4.78 is 6.45. The molecule has 156 valence electrons. The molecule has 4 aromatic rings. The number of para-hydroxylation sites is 1. The molecule has 0 bridgehead atoms. The number of carbonyl (C=O) groups is 1. The van der Waals surface area contributed by atoms with Gasteiger partial charge in [-0.1, -0.05) is 30.3 Å². The molecule has 4 rings (SSSR count). The van der Waals surface area contributed by atoms with Crippen molar-refractivity contribution in [3.8, 4) is 5.75 Å². The van der Waals surface area contributed by atoms with Crippen molar-refractivity contribution in [2.45, 2.75) is 20.3 Å². The number of nitrogens with one attached hydrogen (secondary N) is 1. The molecule has 0 unspecified atom stereocenters. The zero-order valence-electron chi connectivity index (χ0n) is 17.8. The molecule has 0 saturated heterocycles. The Hall–Kier alpha value is -3.44. The topological polar surface area (TPSA) is 51.2 Å². The van der Waals surface area contributed by atoms with Crippen LogP contribution >= 0.6 is 11.3 Å². The van der Waals surface area contributed by atoms with Gasteiger partial charge in [0.1, 0.15) is 10.8 Å². The van der Waals surface area contributed by atoms with E-state index in [1.54, 1.807) is 18.4 Å². The molecule has 1 aromatic heterocycles. The molecule has 1 amide bonds. The number of hydrogen-bond acceptors (Lipinski definition) is 4. The first-order valence-corrected chi connectivity index (χ1v) is 10.9. The quantitative estimate of drug-likeness (QED) is 0.382. The fourth-order valence-corrected chi connectivity index (χ4v) is 4.31. The summed E-state index contributed by atoms with van der Waals surface area (Å²) in [5, 5.41) is 3.87. The molecule has 1 N–H and O–H groups in total. The standard InChI is InChI=1S/C26H24N2O2S/c1-17-11-12-21(13-18(17)2)27-25(29)16-20(14-19-7-6-8-22(15-19)30-3)26-28-23-9-4-5-10-24(23)31-26/h4-15H,16H2,1-3H3,(H,27,29)/b20-14-. The van der Waals surface area contributed by atoms with Gasteiger partial charge in [0.25, 0.3) is 0 Å². The van der Waals surface area contributed by atoms with E-state index in [1.165, 1.54) is 5.56 Å². The molecule has 0 aliphatic heterocycles. The molecule has 0 radical (unpaired) electrons.